The number of carbonyl (C=O) groups excluding carboxylic acids is 1. The summed E-state index contributed by atoms with van der Waals surface area (Å²) in [5.41, 5.74) is 2.34. The zero-order valence-corrected chi connectivity index (χ0v) is 19.4. The number of anilines is 2. The molecular formula is C25H22ClN3O5. The Balaban J connectivity index is 1.67. The number of halogens is 1. The van der Waals surface area contributed by atoms with Crippen LogP contribution in [0.1, 0.15) is 18.7 Å². The Hall–Kier alpha value is -3.91. The molecule has 3 aromatic carbocycles. The molecule has 9 heteroatoms. The standard InChI is InChI=1S/C25H22ClN3O5/c1-3-32-25(30)23-27-29(19-7-5-17(26)6-8-19)24(16-4-13-21-22(14-16)34-15-33-21)28(23)18-9-11-20(31-2)12-10-18/h4-14,24H,3,15H2,1-2H3/t24-/m1/s1. The maximum atomic E-state index is 13.0. The van der Waals surface area contributed by atoms with Crippen molar-refractivity contribution in [3.8, 4) is 17.2 Å². The Morgan fingerprint density at radius 1 is 1.03 bits per heavy atom. The van der Waals surface area contributed by atoms with E-state index in [0.717, 1.165) is 16.9 Å². The summed E-state index contributed by atoms with van der Waals surface area (Å²) >= 11 is 6.13. The zero-order valence-electron chi connectivity index (χ0n) is 18.6. The molecule has 34 heavy (non-hydrogen) atoms. The third-order valence-electron chi connectivity index (χ3n) is 5.50. The van der Waals surface area contributed by atoms with Crippen molar-refractivity contribution in [2.75, 3.05) is 30.4 Å². The average Bonchev–Trinajstić information content (AvgIpc) is 3.49. The van der Waals surface area contributed by atoms with Gasteiger partial charge in [-0.15, -0.1) is 5.10 Å². The van der Waals surface area contributed by atoms with Crippen LogP contribution >= 0.6 is 11.6 Å². The molecule has 3 aromatic rings. The smallest absolute Gasteiger partial charge is 0.376 e. The number of benzene rings is 3. The van der Waals surface area contributed by atoms with Crippen LogP contribution in [-0.2, 0) is 9.53 Å². The molecule has 174 valence electrons. The Morgan fingerprint density at radius 2 is 1.74 bits per heavy atom. The second-order valence-electron chi connectivity index (χ2n) is 7.52. The molecule has 0 spiro atoms. The first-order chi connectivity index (χ1) is 16.6. The minimum Gasteiger partial charge on any atom is -0.497 e. The summed E-state index contributed by atoms with van der Waals surface area (Å²) in [6, 6.07) is 20.4. The second-order valence-corrected chi connectivity index (χ2v) is 7.96. The molecule has 2 aliphatic rings. The van der Waals surface area contributed by atoms with Gasteiger partial charge < -0.3 is 18.9 Å². The van der Waals surface area contributed by atoms with Crippen molar-refractivity contribution in [1.82, 2.24) is 0 Å². The van der Waals surface area contributed by atoms with Crippen LogP contribution in [0.3, 0.4) is 0 Å². The lowest BCUT2D eigenvalue weighted by molar-refractivity contribution is -0.135. The van der Waals surface area contributed by atoms with Gasteiger partial charge in [0.1, 0.15) is 5.75 Å². The van der Waals surface area contributed by atoms with Gasteiger partial charge in [0.25, 0.3) is 0 Å². The highest BCUT2D eigenvalue weighted by Gasteiger charge is 2.41. The van der Waals surface area contributed by atoms with E-state index in [-0.39, 0.29) is 19.2 Å². The number of esters is 1. The van der Waals surface area contributed by atoms with E-state index in [4.69, 9.17) is 35.6 Å². The van der Waals surface area contributed by atoms with Crippen LogP contribution in [-0.4, -0.2) is 32.3 Å². The number of hydrogen-bond acceptors (Lipinski definition) is 8. The molecule has 0 amide bonds. The first-order valence-corrected chi connectivity index (χ1v) is 11.1. The minimum absolute atomic E-state index is 0.157. The molecule has 0 aromatic heterocycles. The number of amidine groups is 1. The van der Waals surface area contributed by atoms with Crippen molar-refractivity contribution in [3.05, 3.63) is 77.3 Å². The molecule has 0 aliphatic carbocycles. The molecule has 0 unspecified atom stereocenters. The number of rotatable bonds is 6. The zero-order chi connectivity index (χ0) is 23.7. The summed E-state index contributed by atoms with van der Waals surface area (Å²) in [6.45, 7) is 2.15. The van der Waals surface area contributed by atoms with Gasteiger partial charge in [-0.2, -0.15) is 0 Å². The van der Waals surface area contributed by atoms with Crippen LogP contribution < -0.4 is 24.1 Å². The molecule has 0 bridgehead atoms. The summed E-state index contributed by atoms with van der Waals surface area (Å²) < 4.78 is 21.8. The van der Waals surface area contributed by atoms with E-state index in [2.05, 4.69) is 0 Å². The fourth-order valence-electron chi connectivity index (χ4n) is 3.93. The number of carbonyl (C=O) groups is 1. The van der Waals surface area contributed by atoms with Gasteiger partial charge >= 0.3 is 5.97 Å². The van der Waals surface area contributed by atoms with E-state index in [0.29, 0.717) is 22.3 Å². The number of methoxy groups -OCH3 is 1. The molecule has 5 rings (SSSR count). The Kier molecular flexibility index (Phi) is 5.90. The van der Waals surface area contributed by atoms with E-state index < -0.39 is 12.1 Å². The highest BCUT2D eigenvalue weighted by molar-refractivity contribution is 6.42. The van der Waals surface area contributed by atoms with E-state index in [1.54, 1.807) is 31.2 Å². The average molecular weight is 480 g/mol. The fourth-order valence-corrected chi connectivity index (χ4v) is 4.05. The van der Waals surface area contributed by atoms with Crippen LogP contribution in [0, 0.1) is 0 Å². The van der Waals surface area contributed by atoms with Crippen LogP contribution in [0.2, 0.25) is 5.02 Å². The predicted molar refractivity (Wildman–Crippen MR) is 129 cm³/mol. The van der Waals surface area contributed by atoms with Crippen molar-refractivity contribution in [2.24, 2.45) is 5.10 Å². The van der Waals surface area contributed by atoms with Crippen LogP contribution in [0.5, 0.6) is 17.2 Å². The molecule has 0 fully saturated rings. The lowest BCUT2D eigenvalue weighted by atomic mass is 10.1. The van der Waals surface area contributed by atoms with E-state index in [1.807, 2.05) is 59.5 Å². The van der Waals surface area contributed by atoms with Gasteiger partial charge in [0.05, 0.1) is 19.4 Å². The molecule has 0 radical (unpaired) electrons. The highest BCUT2D eigenvalue weighted by Crippen LogP contribution is 2.43. The first kappa shape index (κ1) is 21.9. The highest BCUT2D eigenvalue weighted by atomic mass is 35.5. The Labute approximate surface area is 201 Å². The van der Waals surface area contributed by atoms with Gasteiger partial charge in [0.2, 0.25) is 12.6 Å². The summed E-state index contributed by atoms with van der Waals surface area (Å²) in [6.07, 6.45) is -0.511. The number of hydrazone groups is 1. The summed E-state index contributed by atoms with van der Waals surface area (Å²) in [7, 11) is 1.61. The van der Waals surface area contributed by atoms with Crippen LogP contribution in [0.4, 0.5) is 11.4 Å². The monoisotopic (exact) mass is 479 g/mol. The van der Waals surface area contributed by atoms with Gasteiger partial charge in [-0.05, 0) is 67.6 Å². The summed E-state index contributed by atoms with van der Waals surface area (Å²) in [5.74, 6) is 1.63. The van der Waals surface area contributed by atoms with Gasteiger partial charge in [-0.25, -0.2) is 9.80 Å². The van der Waals surface area contributed by atoms with Gasteiger partial charge in [0.15, 0.2) is 17.7 Å². The Morgan fingerprint density at radius 3 is 2.44 bits per heavy atom. The number of fused-ring (bicyclic) bond motifs is 1. The van der Waals surface area contributed by atoms with E-state index >= 15 is 0 Å². The summed E-state index contributed by atoms with van der Waals surface area (Å²) in [5, 5.41) is 7.08. The second kappa shape index (κ2) is 9.15. The number of nitrogens with zero attached hydrogens (tertiary/aromatic N) is 3. The molecule has 1 atom stereocenters. The lowest BCUT2D eigenvalue weighted by Crippen LogP contribution is -2.39. The van der Waals surface area contributed by atoms with Crippen molar-refractivity contribution in [3.63, 3.8) is 0 Å². The van der Waals surface area contributed by atoms with Gasteiger partial charge in [0, 0.05) is 16.3 Å². The van der Waals surface area contributed by atoms with E-state index in [1.165, 1.54) is 0 Å². The van der Waals surface area contributed by atoms with Crippen LogP contribution in [0.25, 0.3) is 0 Å². The SMILES string of the molecule is CCOC(=O)C1=NN(c2ccc(Cl)cc2)[C@H](c2ccc3c(c2)OCO3)N1c1ccc(OC)cc1. The molecule has 0 saturated carbocycles. The van der Waals surface area contributed by atoms with Gasteiger partial charge in [-0.1, -0.05) is 17.7 Å². The topological polar surface area (TPSA) is 72.8 Å². The van der Waals surface area contributed by atoms with Crippen molar-refractivity contribution < 1.29 is 23.7 Å². The third kappa shape index (κ3) is 3.97. The quantitative estimate of drug-likeness (QED) is 0.462. The lowest BCUT2D eigenvalue weighted by Gasteiger charge is -2.32. The molecule has 0 saturated heterocycles. The van der Waals surface area contributed by atoms with Crippen molar-refractivity contribution in [2.45, 2.75) is 13.1 Å². The minimum atomic E-state index is -0.527. The van der Waals surface area contributed by atoms with Crippen molar-refractivity contribution >= 4 is 34.8 Å². The fraction of sp³-hybridized carbons (Fsp3) is 0.200. The summed E-state index contributed by atoms with van der Waals surface area (Å²) in [4.78, 5) is 14.9. The number of ether oxygens (including phenoxy) is 4. The molecule has 2 heterocycles. The predicted octanol–water partition coefficient (Wildman–Crippen LogP) is 4.98. The number of hydrogen-bond donors (Lipinski definition) is 0. The molecule has 8 nitrogen and oxygen atoms in total. The molecular weight excluding hydrogens is 458 g/mol. The largest absolute Gasteiger partial charge is 0.497 e. The van der Waals surface area contributed by atoms with E-state index in [9.17, 15) is 4.79 Å². The molecule has 2 aliphatic heterocycles. The van der Waals surface area contributed by atoms with Crippen LogP contribution in [0.15, 0.2) is 71.8 Å². The normalized spacial score (nSPS) is 16.4. The maximum absolute atomic E-state index is 13.0. The first-order valence-electron chi connectivity index (χ1n) is 10.7. The Bertz CT molecular complexity index is 1230. The van der Waals surface area contributed by atoms with Crippen molar-refractivity contribution in [1.29, 1.82) is 0 Å². The maximum Gasteiger partial charge on any atom is 0.376 e. The third-order valence-corrected chi connectivity index (χ3v) is 5.75. The van der Waals surface area contributed by atoms with Gasteiger partial charge in [-0.3, -0.25) is 4.90 Å². The molecule has 0 N–H and O–H groups in total.